The summed E-state index contributed by atoms with van der Waals surface area (Å²) < 4.78 is 37.5. The number of hydrogen-bond donors (Lipinski definition) is 4. The van der Waals surface area contributed by atoms with Gasteiger partial charge in [-0.2, -0.15) is 0 Å². The quantitative estimate of drug-likeness (QED) is 0.151. The number of ether oxygens (including phenoxy) is 2. The second kappa shape index (κ2) is 12.4. The Labute approximate surface area is 234 Å². The number of hydrogen-bond acceptors (Lipinski definition) is 12. The number of esters is 1. The fourth-order valence-electron chi connectivity index (χ4n) is 4.67. The van der Waals surface area contributed by atoms with E-state index in [1.807, 2.05) is 0 Å². The van der Waals surface area contributed by atoms with Crippen molar-refractivity contribution in [2.45, 2.75) is 62.7 Å². The van der Waals surface area contributed by atoms with Crippen molar-refractivity contribution in [2.24, 2.45) is 0 Å². The lowest BCUT2D eigenvalue weighted by Crippen LogP contribution is -2.35. The Hall–Kier alpha value is -2.84. The van der Waals surface area contributed by atoms with Crippen molar-refractivity contribution >= 4 is 42.3 Å². The van der Waals surface area contributed by atoms with Gasteiger partial charge in [-0.3, -0.25) is 13.9 Å². The third-order valence-electron chi connectivity index (χ3n) is 6.70. The minimum absolute atomic E-state index is 0.0747. The maximum absolute atomic E-state index is 13.7. The van der Waals surface area contributed by atoms with Gasteiger partial charge in [0.25, 0.3) is 0 Å². The van der Waals surface area contributed by atoms with E-state index in [0.29, 0.717) is 0 Å². The van der Waals surface area contributed by atoms with Crippen molar-refractivity contribution in [1.29, 1.82) is 0 Å². The summed E-state index contributed by atoms with van der Waals surface area (Å²) in [6, 6.07) is 8.24. The van der Waals surface area contributed by atoms with Crippen molar-refractivity contribution in [3.63, 3.8) is 0 Å². The smallest absolute Gasteiger partial charge is 0.459 e. The second-order valence-electron chi connectivity index (χ2n) is 9.51. The highest BCUT2D eigenvalue weighted by Gasteiger charge is 2.46. The molecule has 2 aromatic heterocycles. The molecular formula is C24H30ClN6O8P. The molecule has 5 rings (SSSR count). The summed E-state index contributed by atoms with van der Waals surface area (Å²) in [6.07, 6.45) is 0.340. The number of rotatable bonds is 10. The van der Waals surface area contributed by atoms with Gasteiger partial charge in [0.05, 0.1) is 6.61 Å². The Morgan fingerprint density at radius 3 is 2.67 bits per heavy atom. The predicted molar refractivity (Wildman–Crippen MR) is 142 cm³/mol. The molecule has 1 aromatic carbocycles. The Morgan fingerprint density at radius 2 is 1.93 bits per heavy atom. The van der Waals surface area contributed by atoms with Crippen LogP contribution in [0, 0.1) is 0 Å². The van der Waals surface area contributed by atoms with Crippen molar-refractivity contribution in [1.82, 2.24) is 24.6 Å². The molecule has 2 aliphatic rings. The van der Waals surface area contributed by atoms with Crippen LogP contribution in [0.4, 0.5) is 5.82 Å². The summed E-state index contributed by atoms with van der Waals surface area (Å²) in [7, 11) is -4.19. The third-order valence-corrected chi connectivity index (χ3v) is 8.45. The molecule has 16 heteroatoms. The summed E-state index contributed by atoms with van der Waals surface area (Å²) >= 11 is 6.27. The largest absolute Gasteiger partial charge is 0.461 e. The number of anilines is 1. The molecule has 2 fully saturated rings. The number of imidazole rings is 1. The Bertz CT molecular complexity index is 1370. The molecule has 2 unspecified atom stereocenters. The monoisotopic (exact) mass is 596 g/mol. The van der Waals surface area contributed by atoms with Crippen molar-refractivity contribution in [3.05, 3.63) is 41.9 Å². The predicted octanol–water partition coefficient (Wildman–Crippen LogP) is 2.35. The average molecular weight is 597 g/mol. The van der Waals surface area contributed by atoms with Crippen LogP contribution in [0.25, 0.3) is 11.2 Å². The molecule has 40 heavy (non-hydrogen) atoms. The molecular weight excluding hydrogens is 567 g/mol. The van der Waals surface area contributed by atoms with Crippen LogP contribution in [-0.2, 0) is 23.4 Å². The Kier molecular flexibility index (Phi) is 8.86. The maximum Gasteiger partial charge on any atom is 0.459 e. The van der Waals surface area contributed by atoms with Gasteiger partial charge in [-0.15, -0.1) is 0 Å². The summed E-state index contributed by atoms with van der Waals surface area (Å²) in [5, 5.41) is 23.9. The van der Waals surface area contributed by atoms with Gasteiger partial charge in [0.2, 0.25) is 5.28 Å². The topological polar surface area (TPSA) is 193 Å². The van der Waals surface area contributed by atoms with Gasteiger partial charge < -0.3 is 29.9 Å². The number of nitrogens with zero attached hydrogens (tertiary/aromatic N) is 4. The number of aliphatic hydroxyl groups excluding tert-OH is 2. The molecule has 1 aliphatic carbocycles. The van der Waals surface area contributed by atoms with Gasteiger partial charge in [0.1, 0.15) is 43.0 Å². The third kappa shape index (κ3) is 6.39. The molecule has 3 aromatic rings. The first kappa shape index (κ1) is 28.7. The number of aromatic nitrogens is 4. The Balaban J connectivity index is 1.27. The minimum atomic E-state index is -4.19. The maximum atomic E-state index is 13.7. The van der Waals surface area contributed by atoms with E-state index in [1.54, 1.807) is 30.3 Å². The van der Waals surface area contributed by atoms with Gasteiger partial charge in [-0.25, -0.2) is 24.6 Å². The van der Waals surface area contributed by atoms with E-state index >= 15 is 0 Å². The number of para-hydroxylation sites is 1. The minimum Gasteiger partial charge on any atom is -0.461 e. The first-order chi connectivity index (χ1) is 19.2. The van der Waals surface area contributed by atoms with Crippen LogP contribution in [0.3, 0.4) is 0 Å². The first-order valence-electron chi connectivity index (χ1n) is 12.8. The SMILES string of the molecule is Nc1ncnc2c1nc(Cl)n2[C@@H]1O[C@H](COP(=O)(NCC(=O)OC2CCCCC2)Oc2ccccc2)C(O)[C@@H]1O. The van der Waals surface area contributed by atoms with Crippen LogP contribution < -0.4 is 15.3 Å². The molecule has 0 amide bonds. The summed E-state index contributed by atoms with van der Waals surface area (Å²) in [4.78, 5) is 24.5. The number of nitrogens with two attached hydrogens (primary N) is 1. The van der Waals surface area contributed by atoms with Gasteiger partial charge in [0.15, 0.2) is 23.2 Å². The highest BCUT2D eigenvalue weighted by atomic mass is 35.5. The number of benzene rings is 1. The zero-order valence-electron chi connectivity index (χ0n) is 21.3. The molecule has 3 heterocycles. The fraction of sp³-hybridized carbons (Fsp3) is 0.500. The number of carbonyl (C=O) groups excluding carboxylic acids is 1. The molecule has 5 atom stereocenters. The van der Waals surface area contributed by atoms with Crippen LogP contribution in [-0.4, -0.2) is 73.3 Å². The fourth-order valence-corrected chi connectivity index (χ4v) is 6.21. The lowest BCUT2D eigenvalue weighted by Gasteiger charge is -2.24. The zero-order chi connectivity index (χ0) is 28.3. The van der Waals surface area contributed by atoms with E-state index in [0.717, 1.165) is 32.1 Å². The molecule has 1 saturated carbocycles. The molecule has 14 nitrogen and oxygen atoms in total. The van der Waals surface area contributed by atoms with E-state index in [1.165, 1.54) is 10.9 Å². The number of aliphatic hydroxyl groups is 2. The molecule has 5 N–H and O–H groups in total. The van der Waals surface area contributed by atoms with Crippen LogP contribution in [0.1, 0.15) is 38.3 Å². The van der Waals surface area contributed by atoms with Crippen molar-refractivity contribution in [2.75, 3.05) is 18.9 Å². The number of nitrogens with one attached hydrogen (secondary N) is 1. The molecule has 216 valence electrons. The van der Waals surface area contributed by atoms with Gasteiger partial charge in [0, 0.05) is 0 Å². The van der Waals surface area contributed by atoms with E-state index < -0.39 is 51.4 Å². The number of halogens is 1. The summed E-state index contributed by atoms with van der Waals surface area (Å²) in [5.74, 6) is -0.299. The van der Waals surface area contributed by atoms with Crippen LogP contribution in [0.5, 0.6) is 5.75 Å². The summed E-state index contributed by atoms with van der Waals surface area (Å²) in [5.41, 5.74) is 6.23. The van der Waals surface area contributed by atoms with E-state index in [2.05, 4.69) is 20.0 Å². The zero-order valence-corrected chi connectivity index (χ0v) is 23.0. The van der Waals surface area contributed by atoms with Crippen molar-refractivity contribution < 1.29 is 38.1 Å². The van der Waals surface area contributed by atoms with Crippen LogP contribution in [0.2, 0.25) is 5.28 Å². The van der Waals surface area contributed by atoms with Crippen LogP contribution in [0.15, 0.2) is 36.7 Å². The standard InChI is InChI=1S/C24H30ClN6O8P/c25-24-30-18-21(26)27-13-28-22(18)31(24)23-20(34)19(33)16(38-23)12-36-40(35,39-15-9-5-2-6-10-15)29-11-17(32)37-14-7-3-1-4-8-14/h2,5-6,9-10,13-14,16,19-20,23,33-34H,1,3-4,7-8,11-12H2,(H,29,35)(H2,26,27,28)/t16-,19?,20+,23-,40?/m1/s1. The molecule has 1 saturated heterocycles. The van der Waals surface area contributed by atoms with Crippen molar-refractivity contribution in [3.8, 4) is 5.75 Å². The number of fused-ring (bicyclic) bond motifs is 1. The van der Waals surface area contributed by atoms with Gasteiger partial charge >= 0.3 is 13.7 Å². The highest BCUT2D eigenvalue weighted by molar-refractivity contribution is 7.52. The van der Waals surface area contributed by atoms with E-state index in [9.17, 15) is 19.6 Å². The molecule has 1 aliphatic heterocycles. The molecule has 0 spiro atoms. The van der Waals surface area contributed by atoms with E-state index in [4.69, 9.17) is 35.9 Å². The normalized spacial score (nSPS) is 25.1. The number of carbonyl (C=O) groups is 1. The van der Waals surface area contributed by atoms with E-state index in [-0.39, 0.29) is 34.1 Å². The number of nitrogen functional groups attached to an aromatic ring is 1. The van der Waals surface area contributed by atoms with Gasteiger partial charge in [-0.1, -0.05) is 24.6 Å². The average Bonchev–Trinajstić information content (AvgIpc) is 3.43. The van der Waals surface area contributed by atoms with Crippen LogP contribution >= 0.6 is 19.3 Å². The molecule has 0 bridgehead atoms. The second-order valence-corrected chi connectivity index (χ2v) is 11.6. The van der Waals surface area contributed by atoms with Gasteiger partial charge in [-0.05, 0) is 49.4 Å². The lowest BCUT2D eigenvalue weighted by molar-refractivity contribution is -0.149. The lowest BCUT2D eigenvalue weighted by atomic mass is 9.98. The highest BCUT2D eigenvalue weighted by Crippen LogP contribution is 2.45. The molecule has 0 radical (unpaired) electrons. The Morgan fingerprint density at radius 1 is 1.18 bits per heavy atom. The first-order valence-corrected chi connectivity index (χ1v) is 14.8. The summed E-state index contributed by atoms with van der Waals surface area (Å²) in [6.45, 7) is -0.914.